The van der Waals surface area contributed by atoms with Crippen molar-refractivity contribution in [3.05, 3.63) is 39.5 Å². The van der Waals surface area contributed by atoms with Gasteiger partial charge in [-0.15, -0.1) is 0 Å². The maximum absolute atomic E-state index is 13.0. The number of amides is 2. The number of ether oxygens (including phenoxy) is 2. The minimum absolute atomic E-state index is 0.0119. The van der Waals surface area contributed by atoms with Gasteiger partial charge in [-0.25, -0.2) is 14.3 Å². The molecule has 2 aliphatic rings. The summed E-state index contributed by atoms with van der Waals surface area (Å²) in [7, 11) is 3.16. The Balaban J connectivity index is 1.52. The van der Waals surface area contributed by atoms with Crippen molar-refractivity contribution in [2.45, 2.75) is 44.2 Å². The van der Waals surface area contributed by atoms with Crippen LogP contribution in [-0.2, 0) is 11.3 Å². The standard InChI is InChI=1S/C21H28ClN5O4/c1-30-11-10-26-21(29)27(16-6-7-16)19(24-26)14-4-3-9-25(13-14)20(28)23-17-12-15(22)5-8-18(17)31-2/h5,8,12,14,16H,3-4,6-7,9-11,13H2,1-2H3,(H,23,28). The smallest absolute Gasteiger partial charge is 0.346 e. The van der Waals surface area contributed by atoms with Gasteiger partial charge in [0.05, 0.1) is 25.9 Å². The van der Waals surface area contributed by atoms with Gasteiger partial charge in [-0.3, -0.25) is 4.57 Å². The van der Waals surface area contributed by atoms with Gasteiger partial charge in [0.2, 0.25) is 0 Å². The fraction of sp³-hybridized carbons (Fsp3) is 0.571. The number of urea groups is 1. The highest BCUT2D eigenvalue weighted by Gasteiger charge is 2.35. The molecule has 1 aromatic carbocycles. The Kier molecular flexibility index (Phi) is 6.52. The number of aromatic nitrogens is 3. The van der Waals surface area contributed by atoms with E-state index in [1.54, 1.807) is 37.3 Å². The first-order chi connectivity index (χ1) is 15.0. The van der Waals surface area contributed by atoms with E-state index >= 15 is 0 Å². The molecule has 1 N–H and O–H groups in total. The number of halogens is 1. The zero-order valence-electron chi connectivity index (χ0n) is 17.8. The summed E-state index contributed by atoms with van der Waals surface area (Å²) >= 11 is 6.08. The molecule has 1 saturated heterocycles. The molecule has 0 spiro atoms. The van der Waals surface area contributed by atoms with E-state index in [0.717, 1.165) is 31.5 Å². The Morgan fingerprint density at radius 1 is 1.29 bits per heavy atom. The number of anilines is 1. The first-order valence-corrected chi connectivity index (χ1v) is 11.0. The van der Waals surface area contributed by atoms with Crippen molar-refractivity contribution >= 4 is 23.3 Å². The molecule has 1 aromatic heterocycles. The van der Waals surface area contributed by atoms with Crippen LogP contribution in [0.1, 0.15) is 43.5 Å². The average molecular weight is 450 g/mol. The summed E-state index contributed by atoms with van der Waals surface area (Å²) in [5.41, 5.74) is 0.445. The number of likely N-dealkylation sites (tertiary alicyclic amines) is 1. The Morgan fingerprint density at radius 2 is 2.10 bits per heavy atom. The topological polar surface area (TPSA) is 90.6 Å². The number of nitrogens with one attached hydrogen (secondary N) is 1. The van der Waals surface area contributed by atoms with Crippen LogP contribution in [0.5, 0.6) is 5.75 Å². The normalized spacial score (nSPS) is 18.8. The van der Waals surface area contributed by atoms with Crippen LogP contribution in [0.4, 0.5) is 10.5 Å². The monoisotopic (exact) mass is 449 g/mol. The molecule has 10 heteroatoms. The first kappa shape index (κ1) is 21.7. The van der Waals surface area contributed by atoms with Crippen LogP contribution >= 0.6 is 11.6 Å². The predicted molar refractivity (Wildman–Crippen MR) is 117 cm³/mol. The molecule has 1 unspecified atom stereocenters. The summed E-state index contributed by atoms with van der Waals surface area (Å²) < 4.78 is 13.8. The molecular weight excluding hydrogens is 422 g/mol. The van der Waals surface area contributed by atoms with Crippen molar-refractivity contribution in [1.29, 1.82) is 0 Å². The van der Waals surface area contributed by atoms with Crippen molar-refractivity contribution < 1.29 is 14.3 Å². The number of carbonyl (C=O) groups excluding carboxylic acids is 1. The minimum Gasteiger partial charge on any atom is -0.495 e. The number of hydrogen-bond acceptors (Lipinski definition) is 5. The molecular formula is C21H28ClN5O4. The van der Waals surface area contributed by atoms with Crippen molar-refractivity contribution in [3.8, 4) is 5.75 Å². The Hall–Kier alpha value is -2.52. The zero-order chi connectivity index (χ0) is 22.0. The lowest BCUT2D eigenvalue weighted by Crippen LogP contribution is -2.42. The van der Waals surface area contributed by atoms with E-state index in [-0.39, 0.29) is 23.7 Å². The van der Waals surface area contributed by atoms with Gasteiger partial charge in [0.25, 0.3) is 0 Å². The number of nitrogens with zero attached hydrogens (tertiary/aromatic N) is 4. The lowest BCUT2D eigenvalue weighted by atomic mass is 9.97. The molecule has 168 valence electrons. The van der Waals surface area contributed by atoms with E-state index in [4.69, 9.17) is 21.1 Å². The number of piperidine rings is 1. The molecule has 0 bridgehead atoms. The molecule has 2 fully saturated rings. The third kappa shape index (κ3) is 4.72. The van der Waals surface area contributed by atoms with Gasteiger partial charge < -0.3 is 19.7 Å². The predicted octanol–water partition coefficient (Wildman–Crippen LogP) is 3.10. The molecule has 1 saturated carbocycles. The summed E-state index contributed by atoms with van der Waals surface area (Å²) in [4.78, 5) is 27.6. The molecule has 2 aromatic rings. The molecule has 1 aliphatic heterocycles. The van der Waals surface area contributed by atoms with Crippen LogP contribution in [-0.4, -0.2) is 59.2 Å². The number of carbonyl (C=O) groups is 1. The van der Waals surface area contributed by atoms with Crippen LogP contribution in [0, 0.1) is 0 Å². The molecule has 9 nitrogen and oxygen atoms in total. The zero-order valence-corrected chi connectivity index (χ0v) is 18.6. The van der Waals surface area contributed by atoms with Gasteiger partial charge in [-0.2, -0.15) is 5.10 Å². The Bertz CT molecular complexity index is 1000. The van der Waals surface area contributed by atoms with Crippen LogP contribution in [0.3, 0.4) is 0 Å². The molecule has 31 heavy (non-hydrogen) atoms. The van der Waals surface area contributed by atoms with E-state index in [0.29, 0.717) is 42.7 Å². The van der Waals surface area contributed by atoms with Gasteiger partial charge in [0, 0.05) is 37.2 Å². The largest absolute Gasteiger partial charge is 0.495 e. The van der Waals surface area contributed by atoms with E-state index in [1.165, 1.54) is 4.68 Å². The van der Waals surface area contributed by atoms with Gasteiger partial charge in [-0.05, 0) is 43.9 Å². The van der Waals surface area contributed by atoms with Crippen molar-refractivity contribution in [2.24, 2.45) is 0 Å². The second-order valence-electron chi connectivity index (χ2n) is 8.02. The van der Waals surface area contributed by atoms with E-state index in [2.05, 4.69) is 10.4 Å². The Morgan fingerprint density at radius 3 is 2.81 bits per heavy atom. The van der Waals surface area contributed by atoms with Crippen molar-refractivity contribution in [3.63, 3.8) is 0 Å². The van der Waals surface area contributed by atoms with Crippen LogP contribution in [0.15, 0.2) is 23.0 Å². The van der Waals surface area contributed by atoms with Crippen molar-refractivity contribution in [2.75, 3.05) is 39.2 Å². The molecule has 4 rings (SSSR count). The molecule has 0 radical (unpaired) electrons. The minimum atomic E-state index is -0.218. The van der Waals surface area contributed by atoms with Gasteiger partial charge in [-0.1, -0.05) is 11.6 Å². The summed E-state index contributed by atoms with van der Waals surface area (Å²) in [6.07, 6.45) is 3.72. The third-order valence-electron chi connectivity index (χ3n) is 5.79. The van der Waals surface area contributed by atoms with Crippen molar-refractivity contribution in [1.82, 2.24) is 19.2 Å². The SMILES string of the molecule is COCCn1nc(C2CCCN(C(=O)Nc3cc(Cl)ccc3OC)C2)n(C2CC2)c1=O. The van der Waals surface area contributed by atoms with E-state index in [9.17, 15) is 9.59 Å². The van der Waals surface area contributed by atoms with Crippen LogP contribution < -0.4 is 15.7 Å². The maximum Gasteiger partial charge on any atom is 0.346 e. The summed E-state index contributed by atoms with van der Waals surface area (Å²) in [6, 6.07) is 5.10. The van der Waals surface area contributed by atoms with Gasteiger partial charge in [0.1, 0.15) is 11.6 Å². The van der Waals surface area contributed by atoms with E-state index in [1.807, 2.05) is 4.57 Å². The quantitative estimate of drug-likeness (QED) is 0.701. The maximum atomic E-state index is 13.0. The number of hydrogen-bond donors (Lipinski definition) is 1. The number of rotatable bonds is 7. The third-order valence-corrected chi connectivity index (χ3v) is 6.03. The molecule has 1 aliphatic carbocycles. The lowest BCUT2D eigenvalue weighted by molar-refractivity contribution is 0.181. The van der Waals surface area contributed by atoms with Crippen LogP contribution in [0.2, 0.25) is 5.02 Å². The molecule has 1 atom stereocenters. The van der Waals surface area contributed by atoms with Gasteiger partial charge in [0.15, 0.2) is 0 Å². The first-order valence-electron chi connectivity index (χ1n) is 10.6. The average Bonchev–Trinajstić information content (AvgIpc) is 3.55. The molecule has 2 amide bonds. The highest BCUT2D eigenvalue weighted by molar-refractivity contribution is 6.31. The highest BCUT2D eigenvalue weighted by Crippen LogP contribution is 2.37. The fourth-order valence-corrected chi connectivity index (χ4v) is 4.23. The summed E-state index contributed by atoms with van der Waals surface area (Å²) in [6.45, 7) is 2.00. The molecule has 2 heterocycles. The lowest BCUT2D eigenvalue weighted by Gasteiger charge is -2.32. The summed E-state index contributed by atoms with van der Waals surface area (Å²) in [5, 5.41) is 8.06. The second-order valence-corrected chi connectivity index (χ2v) is 8.45. The second kappa shape index (κ2) is 9.32. The fourth-order valence-electron chi connectivity index (χ4n) is 4.06. The highest BCUT2D eigenvalue weighted by atomic mass is 35.5. The summed E-state index contributed by atoms with van der Waals surface area (Å²) in [5.74, 6) is 1.34. The number of benzene rings is 1. The van der Waals surface area contributed by atoms with Gasteiger partial charge >= 0.3 is 11.7 Å². The Labute approximate surface area is 185 Å². The van der Waals surface area contributed by atoms with Crippen LogP contribution in [0.25, 0.3) is 0 Å². The van der Waals surface area contributed by atoms with E-state index < -0.39 is 0 Å². The number of methoxy groups -OCH3 is 2.